The Labute approximate surface area is 141 Å². The molecule has 0 spiro atoms. The van der Waals surface area contributed by atoms with Crippen molar-refractivity contribution in [2.24, 2.45) is 0 Å². The molecule has 1 N–H and O–H groups in total. The number of sulfone groups is 1. The number of rotatable bonds is 4. The Morgan fingerprint density at radius 3 is 2.70 bits per heavy atom. The molecular formula is C14H15BrFNO5S. The zero-order chi connectivity index (χ0) is 17.2. The highest BCUT2D eigenvalue weighted by atomic mass is 79.9. The topological polar surface area (TPSA) is 89.5 Å². The van der Waals surface area contributed by atoms with Crippen LogP contribution in [0.3, 0.4) is 0 Å². The molecule has 1 saturated heterocycles. The Balaban J connectivity index is 1.94. The molecule has 0 radical (unpaired) electrons. The van der Waals surface area contributed by atoms with Gasteiger partial charge in [-0.05, 0) is 47.5 Å². The van der Waals surface area contributed by atoms with Gasteiger partial charge in [0.25, 0.3) is 5.91 Å². The first kappa shape index (κ1) is 17.9. The van der Waals surface area contributed by atoms with Crippen LogP contribution in [-0.2, 0) is 19.4 Å². The smallest absolute Gasteiger partial charge is 0.340 e. The monoisotopic (exact) mass is 407 g/mol. The van der Waals surface area contributed by atoms with Gasteiger partial charge in [0, 0.05) is 10.5 Å². The summed E-state index contributed by atoms with van der Waals surface area (Å²) in [6.45, 7) is 1.38. The van der Waals surface area contributed by atoms with Crippen LogP contribution >= 0.6 is 15.9 Å². The van der Waals surface area contributed by atoms with Crippen LogP contribution in [-0.4, -0.2) is 43.9 Å². The molecule has 1 aromatic rings. The van der Waals surface area contributed by atoms with Gasteiger partial charge < -0.3 is 10.1 Å². The number of ether oxygens (including phenoxy) is 1. The second-order valence-electron chi connectivity index (χ2n) is 5.28. The third-order valence-electron chi connectivity index (χ3n) is 3.38. The molecule has 23 heavy (non-hydrogen) atoms. The van der Waals surface area contributed by atoms with Crippen LogP contribution in [0.4, 0.5) is 4.39 Å². The summed E-state index contributed by atoms with van der Waals surface area (Å²) in [5.41, 5.74) is 0.0921. The minimum Gasteiger partial charge on any atom is -0.449 e. The molecule has 0 unspecified atom stereocenters. The van der Waals surface area contributed by atoms with Crippen LogP contribution < -0.4 is 5.32 Å². The second-order valence-corrected chi connectivity index (χ2v) is 8.36. The van der Waals surface area contributed by atoms with Gasteiger partial charge in [0.1, 0.15) is 5.82 Å². The van der Waals surface area contributed by atoms with Crippen molar-refractivity contribution in [3.8, 4) is 0 Å². The van der Waals surface area contributed by atoms with Gasteiger partial charge >= 0.3 is 5.97 Å². The summed E-state index contributed by atoms with van der Waals surface area (Å²) in [7, 11) is -3.11. The number of halogens is 2. The van der Waals surface area contributed by atoms with E-state index in [1.165, 1.54) is 13.0 Å². The standard InChI is InChI=1S/C14H15BrFNO5S/c1-8(13(18)17-10-4-5-23(20,21)7-10)22-14(19)11-3-2-9(16)6-12(11)15/h2-3,6,8,10H,4-5,7H2,1H3,(H,17,18)/t8-,10-/m1/s1. The van der Waals surface area contributed by atoms with Gasteiger partial charge in [-0.2, -0.15) is 0 Å². The van der Waals surface area contributed by atoms with Gasteiger partial charge in [0.2, 0.25) is 0 Å². The van der Waals surface area contributed by atoms with Gasteiger partial charge in [0.05, 0.1) is 17.1 Å². The minimum atomic E-state index is -3.11. The first-order valence-corrected chi connectivity index (χ1v) is 9.46. The van der Waals surface area contributed by atoms with E-state index in [2.05, 4.69) is 21.2 Å². The molecule has 1 aromatic carbocycles. The fourth-order valence-corrected chi connectivity index (χ4v) is 4.35. The summed E-state index contributed by atoms with van der Waals surface area (Å²) < 4.78 is 40.9. The maximum atomic E-state index is 13.0. The predicted octanol–water partition coefficient (Wildman–Crippen LogP) is 1.44. The van der Waals surface area contributed by atoms with Gasteiger partial charge in [-0.25, -0.2) is 17.6 Å². The molecule has 1 heterocycles. The summed E-state index contributed by atoms with van der Waals surface area (Å²) in [4.78, 5) is 23.9. The summed E-state index contributed by atoms with van der Waals surface area (Å²) in [5, 5.41) is 2.55. The highest BCUT2D eigenvalue weighted by Crippen LogP contribution is 2.19. The first-order chi connectivity index (χ1) is 10.7. The number of amides is 1. The van der Waals surface area contributed by atoms with Crippen molar-refractivity contribution in [1.82, 2.24) is 5.32 Å². The Kier molecular flexibility index (Phi) is 5.41. The molecule has 1 aliphatic rings. The van der Waals surface area contributed by atoms with E-state index in [9.17, 15) is 22.4 Å². The van der Waals surface area contributed by atoms with E-state index >= 15 is 0 Å². The normalized spacial score (nSPS) is 20.7. The van der Waals surface area contributed by atoms with Crippen LogP contribution in [0.15, 0.2) is 22.7 Å². The van der Waals surface area contributed by atoms with Crippen LogP contribution in [0.2, 0.25) is 0 Å². The van der Waals surface area contributed by atoms with Crippen molar-refractivity contribution < 1.29 is 27.1 Å². The second kappa shape index (κ2) is 6.96. The number of carbonyl (C=O) groups is 2. The molecule has 0 aliphatic carbocycles. The fraction of sp³-hybridized carbons (Fsp3) is 0.429. The van der Waals surface area contributed by atoms with E-state index in [1.807, 2.05) is 0 Å². The maximum absolute atomic E-state index is 13.0. The van der Waals surface area contributed by atoms with E-state index in [1.54, 1.807) is 0 Å². The van der Waals surface area contributed by atoms with Crippen molar-refractivity contribution in [2.75, 3.05) is 11.5 Å². The molecular weight excluding hydrogens is 393 g/mol. The predicted molar refractivity (Wildman–Crippen MR) is 84.2 cm³/mol. The number of benzene rings is 1. The van der Waals surface area contributed by atoms with E-state index < -0.39 is 39.7 Å². The molecule has 0 aromatic heterocycles. The average molecular weight is 408 g/mol. The van der Waals surface area contributed by atoms with E-state index in [4.69, 9.17) is 4.74 Å². The summed E-state index contributed by atoms with van der Waals surface area (Å²) in [6, 6.07) is 3.00. The number of hydrogen-bond donors (Lipinski definition) is 1. The van der Waals surface area contributed by atoms with Crippen LogP contribution in [0.25, 0.3) is 0 Å². The Hall–Kier alpha value is -1.48. The van der Waals surface area contributed by atoms with Gasteiger partial charge in [-0.3, -0.25) is 4.79 Å². The molecule has 9 heteroatoms. The third-order valence-corrected chi connectivity index (χ3v) is 5.81. The number of carbonyl (C=O) groups excluding carboxylic acids is 2. The first-order valence-electron chi connectivity index (χ1n) is 6.85. The Morgan fingerprint density at radius 2 is 2.13 bits per heavy atom. The lowest BCUT2D eigenvalue weighted by atomic mass is 10.2. The zero-order valence-corrected chi connectivity index (χ0v) is 14.6. The average Bonchev–Trinajstić information content (AvgIpc) is 2.77. The highest BCUT2D eigenvalue weighted by molar-refractivity contribution is 9.10. The molecule has 0 bridgehead atoms. The lowest BCUT2D eigenvalue weighted by molar-refractivity contribution is -0.129. The van der Waals surface area contributed by atoms with Crippen molar-refractivity contribution in [1.29, 1.82) is 0 Å². The largest absolute Gasteiger partial charge is 0.449 e. The van der Waals surface area contributed by atoms with Gasteiger partial charge in [-0.15, -0.1) is 0 Å². The van der Waals surface area contributed by atoms with Gasteiger partial charge in [-0.1, -0.05) is 0 Å². The molecule has 1 amide bonds. The Bertz CT molecular complexity index is 737. The van der Waals surface area contributed by atoms with Crippen molar-refractivity contribution >= 4 is 37.6 Å². The van der Waals surface area contributed by atoms with E-state index in [-0.39, 0.29) is 21.5 Å². The minimum absolute atomic E-state index is 0.0364. The molecule has 2 atom stereocenters. The maximum Gasteiger partial charge on any atom is 0.340 e. The summed E-state index contributed by atoms with van der Waals surface area (Å²) >= 11 is 3.05. The lowest BCUT2D eigenvalue weighted by Crippen LogP contribution is -2.42. The van der Waals surface area contributed by atoms with Crippen LogP contribution in [0, 0.1) is 5.82 Å². The summed E-state index contributed by atoms with van der Waals surface area (Å²) in [6.07, 6.45) is -0.749. The van der Waals surface area contributed by atoms with Crippen molar-refractivity contribution in [2.45, 2.75) is 25.5 Å². The highest BCUT2D eigenvalue weighted by Gasteiger charge is 2.31. The van der Waals surface area contributed by atoms with Crippen molar-refractivity contribution in [3.63, 3.8) is 0 Å². The van der Waals surface area contributed by atoms with Crippen molar-refractivity contribution in [3.05, 3.63) is 34.1 Å². The van der Waals surface area contributed by atoms with Crippen LogP contribution in [0.5, 0.6) is 0 Å². The molecule has 1 fully saturated rings. The molecule has 126 valence electrons. The number of hydrogen-bond acceptors (Lipinski definition) is 5. The molecule has 2 rings (SSSR count). The molecule has 6 nitrogen and oxygen atoms in total. The molecule has 1 aliphatic heterocycles. The quantitative estimate of drug-likeness (QED) is 0.762. The van der Waals surface area contributed by atoms with E-state index in [0.29, 0.717) is 6.42 Å². The number of nitrogens with one attached hydrogen (secondary N) is 1. The Morgan fingerprint density at radius 1 is 1.43 bits per heavy atom. The molecule has 0 saturated carbocycles. The third kappa shape index (κ3) is 4.74. The van der Waals surface area contributed by atoms with E-state index in [0.717, 1.165) is 12.1 Å². The van der Waals surface area contributed by atoms with Gasteiger partial charge in [0.15, 0.2) is 15.9 Å². The summed E-state index contributed by atoms with van der Waals surface area (Å²) in [5.74, 6) is -1.93. The zero-order valence-electron chi connectivity index (χ0n) is 12.2. The fourth-order valence-electron chi connectivity index (χ4n) is 2.16. The lowest BCUT2D eigenvalue weighted by Gasteiger charge is -2.16. The van der Waals surface area contributed by atoms with Crippen LogP contribution in [0.1, 0.15) is 23.7 Å². The number of esters is 1. The SMILES string of the molecule is C[C@@H](OC(=O)c1ccc(F)cc1Br)C(=O)N[C@@H]1CCS(=O)(=O)C1.